The number of hydrogen-bond donors (Lipinski definition) is 1. The molecule has 0 bridgehead atoms. The Hall–Kier alpha value is -1.07. The van der Waals surface area contributed by atoms with Crippen molar-refractivity contribution in [1.82, 2.24) is 9.21 Å². The number of halogens is 1. The van der Waals surface area contributed by atoms with E-state index in [0.29, 0.717) is 0 Å². The third-order valence-electron chi connectivity index (χ3n) is 2.50. The van der Waals surface area contributed by atoms with Crippen molar-refractivity contribution in [3.63, 3.8) is 0 Å². The summed E-state index contributed by atoms with van der Waals surface area (Å²) in [5.41, 5.74) is 0. The maximum absolute atomic E-state index is 12.7. The van der Waals surface area contributed by atoms with E-state index >= 15 is 0 Å². The van der Waals surface area contributed by atoms with Crippen LogP contribution in [0.2, 0.25) is 0 Å². The lowest BCUT2D eigenvalue weighted by Crippen LogP contribution is -2.42. The molecule has 0 aliphatic carbocycles. The summed E-state index contributed by atoms with van der Waals surface area (Å²) in [4.78, 5) is 3.05. The number of benzene rings is 1. The second-order valence-electron chi connectivity index (χ2n) is 3.64. The molecule has 1 heterocycles. The first-order valence-electron chi connectivity index (χ1n) is 5.21. The lowest BCUT2D eigenvalue weighted by atomic mass is 10.4. The van der Waals surface area contributed by atoms with Crippen molar-refractivity contribution >= 4 is 18.3 Å². The summed E-state index contributed by atoms with van der Waals surface area (Å²) in [5.74, 6) is -0.196. The molecule has 0 saturated carbocycles. The second-order valence-corrected chi connectivity index (χ2v) is 4.81. The van der Waals surface area contributed by atoms with Gasteiger partial charge in [-0.3, -0.25) is 5.41 Å². The Bertz CT molecular complexity index is 347. The Labute approximate surface area is 98.9 Å². The molecule has 86 valence electrons. The Kier molecular flexibility index (Phi) is 3.79. The maximum Gasteiger partial charge on any atom is 0.123 e. The van der Waals surface area contributed by atoms with Crippen LogP contribution in [-0.4, -0.2) is 41.7 Å². The lowest BCUT2D eigenvalue weighted by Gasteiger charge is -2.32. The Morgan fingerprint density at radius 3 is 2.31 bits per heavy atom. The normalized spacial score (nSPS) is 17.4. The molecule has 1 aliphatic heterocycles. The van der Waals surface area contributed by atoms with E-state index < -0.39 is 0 Å². The van der Waals surface area contributed by atoms with Crippen molar-refractivity contribution in [3.8, 4) is 0 Å². The van der Waals surface area contributed by atoms with Gasteiger partial charge in [0.15, 0.2) is 0 Å². The number of hydrogen-bond acceptors (Lipinski definition) is 3. The fourth-order valence-electron chi connectivity index (χ4n) is 1.57. The Balaban J connectivity index is 1.86. The van der Waals surface area contributed by atoms with E-state index in [-0.39, 0.29) is 5.82 Å². The monoisotopic (exact) mass is 239 g/mol. The fourth-order valence-corrected chi connectivity index (χ4v) is 2.47. The van der Waals surface area contributed by atoms with Gasteiger partial charge in [0.2, 0.25) is 0 Å². The molecule has 1 aromatic carbocycles. The number of piperazine rings is 1. The van der Waals surface area contributed by atoms with Crippen molar-refractivity contribution in [2.75, 3.05) is 26.2 Å². The summed E-state index contributed by atoms with van der Waals surface area (Å²) in [5, 5.41) is 7.14. The molecular formula is C11H14FN3S. The fraction of sp³-hybridized carbons (Fsp3) is 0.364. The molecule has 0 amide bonds. The first-order valence-corrected chi connectivity index (χ1v) is 5.98. The van der Waals surface area contributed by atoms with E-state index in [4.69, 9.17) is 5.41 Å². The highest BCUT2D eigenvalue weighted by atomic mass is 32.2. The molecule has 1 N–H and O–H groups in total. The van der Waals surface area contributed by atoms with Crippen LogP contribution in [0, 0.1) is 11.2 Å². The molecule has 3 nitrogen and oxygen atoms in total. The van der Waals surface area contributed by atoms with Crippen LogP contribution in [-0.2, 0) is 0 Å². The summed E-state index contributed by atoms with van der Waals surface area (Å²) in [6, 6.07) is 6.55. The molecule has 0 atom stereocenters. The molecule has 1 aromatic rings. The lowest BCUT2D eigenvalue weighted by molar-refractivity contribution is 0.287. The van der Waals surface area contributed by atoms with E-state index in [1.165, 1.54) is 18.5 Å². The minimum Gasteiger partial charge on any atom is -0.361 e. The van der Waals surface area contributed by atoms with E-state index in [1.807, 2.05) is 4.90 Å². The summed E-state index contributed by atoms with van der Waals surface area (Å²) in [6.45, 7) is 3.63. The van der Waals surface area contributed by atoms with Crippen molar-refractivity contribution in [3.05, 3.63) is 30.1 Å². The molecule has 0 radical (unpaired) electrons. The topological polar surface area (TPSA) is 30.3 Å². The van der Waals surface area contributed by atoms with Crippen LogP contribution in [0.3, 0.4) is 0 Å². The van der Waals surface area contributed by atoms with Crippen LogP contribution >= 0.6 is 11.9 Å². The van der Waals surface area contributed by atoms with E-state index in [9.17, 15) is 4.39 Å². The van der Waals surface area contributed by atoms with Gasteiger partial charge in [0.05, 0.1) is 6.34 Å². The number of nitrogens with one attached hydrogen (secondary N) is 1. The van der Waals surface area contributed by atoms with Crippen molar-refractivity contribution in [2.45, 2.75) is 4.90 Å². The van der Waals surface area contributed by atoms with Gasteiger partial charge >= 0.3 is 0 Å². The van der Waals surface area contributed by atoms with Gasteiger partial charge in [-0.05, 0) is 36.2 Å². The first kappa shape index (κ1) is 11.4. The molecule has 16 heavy (non-hydrogen) atoms. The van der Waals surface area contributed by atoms with E-state index in [2.05, 4.69) is 4.31 Å². The molecular weight excluding hydrogens is 225 g/mol. The highest BCUT2D eigenvalue weighted by Crippen LogP contribution is 2.23. The molecule has 0 aromatic heterocycles. The van der Waals surface area contributed by atoms with Crippen molar-refractivity contribution in [1.29, 1.82) is 5.41 Å². The quantitative estimate of drug-likeness (QED) is 0.497. The molecule has 2 rings (SSSR count). The molecule has 1 saturated heterocycles. The van der Waals surface area contributed by atoms with Gasteiger partial charge in [-0.1, -0.05) is 0 Å². The molecule has 0 spiro atoms. The Morgan fingerprint density at radius 2 is 1.75 bits per heavy atom. The van der Waals surface area contributed by atoms with Gasteiger partial charge in [-0.2, -0.15) is 0 Å². The third-order valence-corrected chi connectivity index (χ3v) is 3.61. The van der Waals surface area contributed by atoms with Crippen LogP contribution in [0.25, 0.3) is 0 Å². The highest BCUT2D eigenvalue weighted by molar-refractivity contribution is 7.97. The SMILES string of the molecule is N=CN1CCN(Sc2ccc(F)cc2)CC1. The average Bonchev–Trinajstić information content (AvgIpc) is 2.33. The van der Waals surface area contributed by atoms with Gasteiger partial charge in [0, 0.05) is 31.1 Å². The zero-order valence-corrected chi connectivity index (χ0v) is 9.71. The standard InChI is InChI=1S/C11H14FN3S/c12-10-1-3-11(4-2-10)16-15-7-5-14(9-13)6-8-15/h1-4,9,13H,5-8H2. The van der Waals surface area contributed by atoms with E-state index in [1.54, 1.807) is 24.1 Å². The van der Waals surface area contributed by atoms with Gasteiger partial charge in [0.1, 0.15) is 5.82 Å². The zero-order valence-electron chi connectivity index (χ0n) is 8.90. The predicted octanol–water partition coefficient (Wildman–Crippen LogP) is 2.06. The summed E-state index contributed by atoms with van der Waals surface area (Å²) in [7, 11) is 0. The van der Waals surface area contributed by atoms with Crippen LogP contribution in [0.1, 0.15) is 0 Å². The first-order chi connectivity index (χ1) is 7.78. The minimum absolute atomic E-state index is 0.196. The smallest absolute Gasteiger partial charge is 0.123 e. The minimum atomic E-state index is -0.196. The van der Waals surface area contributed by atoms with Crippen LogP contribution in [0.4, 0.5) is 4.39 Å². The number of rotatable bonds is 3. The summed E-state index contributed by atoms with van der Waals surface area (Å²) >= 11 is 1.65. The van der Waals surface area contributed by atoms with Crippen molar-refractivity contribution < 1.29 is 4.39 Å². The maximum atomic E-state index is 12.7. The van der Waals surface area contributed by atoms with E-state index in [0.717, 1.165) is 31.1 Å². The molecule has 1 fully saturated rings. The van der Waals surface area contributed by atoms with Gasteiger partial charge in [-0.15, -0.1) is 0 Å². The number of nitrogens with zero attached hydrogens (tertiary/aromatic N) is 2. The molecule has 1 aliphatic rings. The van der Waals surface area contributed by atoms with Crippen molar-refractivity contribution in [2.24, 2.45) is 0 Å². The van der Waals surface area contributed by atoms with Gasteiger partial charge in [0.25, 0.3) is 0 Å². The van der Waals surface area contributed by atoms with Crippen LogP contribution in [0.15, 0.2) is 29.2 Å². The highest BCUT2D eigenvalue weighted by Gasteiger charge is 2.15. The Morgan fingerprint density at radius 1 is 1.12 bits per heavy atom. The predicted molar refractivity (Wildman–Crippen MR) is 64.2 cm³/mol. The third kappa shape index (κ3) is 2.96. The largest absolute Gasteiger partial charge is 0.361 e. The molecule has 0 unspecified atom stereocenters. The molecule has 5 heteroatoms. The van der Waals surface area contributed by atoms with Crippen LogP contribution < -0.4 is 0 Å². The van der Waals surface area contributed by atoms with Gasteiger partial charge < -0.3 is 4.90 Å². The van der Waals surface area contributed by atoms with Gasteiger partial charge in [-0.25, -0.2) is 8.70 Å². The van der Waals surface area contributed by atoms with Crippen LogP contribution in [0.5, 0.6) is 0 Å². The summed E-state index contributed by atoms with van der Waals surface area (Å²) < 4.78 is 15.0. The zero-order chi connectivity index (χ0) is 11.4. The second kappa shape index (κ2) is 5.32. The average molecular weight is 239 g/mol. The summed E-state index contributed by atoms with van der Waals surface area (Å²) in [6.07, 6.45) is 1.39.